The molecule has 15 nitrogen and oxygen atoms in total. The van der Waals surface area contributed by atoms with Gasteiger partial charge in [-0.25, -0.2) is 9.78 Å². The van der Waals surface area contributed by atoms with Crippen LogP contribution in [-0.2, 0) is 35.2 Å². The number of aromatic nitrogens is 2. The lowest BCUT2D eigenvalue weighted by atomic mass is 9.99. The summed E-state index contributed by atoms with van der Waals surface area (Å²) in [5.41, 5.74) is 3.52. The van der Waals surface area contributed by atoms with Gasteiger partial charge in [-0.05, 0) is 42.6 Å². The monoisotopic (exact) mass is 721 g/mol. The minimum absolute atomic E-state index is 0.000659. The fraction of sp³-hybridized carbons (Fsp3) is 0.568. The SMILES string of the molecule is CCCC(NO[C@@H]1[C@H]2CCC[C@H]2CN1C(=O)[C@@H](NC(=O)[C@H](NC(=O)c1cnccn1)C(C)C)C(C)C)C(=O)C(=O)N[C@H](Cc1ccccc1)C(=O)O. The molecule has 2 aromatic rings. The zero-order valence-electron chi connectivity index (χ0n) is 30.4. The van der Waals surface area contributed by atoms with E-state index in [1.165, 1.54) is 18.6 Å². The molecule has 1 saturated carbocycles. The maximum atomic E-state index is 14.3. The summed E-state index contributed by atoms with van der Waals surface area (Å²) in [6, 6.07) is 4.45. The number of amides is 4. The topological polar surface area (TPSA) is 209 Å². The molecule has 7 atom stereocenters. The largest absolute Gasteiger partial charge is 0.480 e. The highest BCUT2D eigenvalue weighted by Gasteiger charge is 2.49. The van der Waals surface area contributed by atoms with Gasteiger partial charge < -0.3 is 26.0 Å². The highest BCUT2D eigenvalue weighted by atomic mass is 16.7. The van der Waals surface area contributed by atoms with Crippen LogP contribution in [0, 0.1) is 23.7 Å². The van der Waals surface area contributed by atoms with Crippen molar-refractivity contribution in [2.24, 2.45) is 23.7 Å². The van der Waals surface area contributed by atoms with Crippen LogP contribution in [0.2, 0.25) is 0 Å². The number of carbonyl (C=O) groups is 6. The summed E-state index contributed by atoms with van der Waals surface area (Å²) in [7, 11) is 0. The summed E-state index contributed by atoms with van der Waals surface area (Å²) in [6.07, 6.45) is 6.68. The number of carboxylic acids is 1. The molecule has 1 aromatic carbocycles. The van der Waals surface area contributed by atoms with E-state index in [0.29, 0.717) is 18.5 Å². The number of benzene rings is 1. The van der Waals surface area contributed by atoms with Gasteiger partial charge in [-0.1, -0.05) is 77.8 Å². The molecular formula is C37H51N7O8. The average Bonchev–Trinajstić information content (AvgIpc) is 3.73. The fourth-order valence-electron chi connectivity index (χ4n) is 6.84. The van der Waals surface area contributed by atoms with Crippen LogP contribution < -0.4 is 21.4 Å². The molecule has 2 aliphatic rings. The van der Waals surface area contributed by atoms with E-state index in [0.717, 1.165) is 19.3 Å². The predicted molar refractivity (Wildman–Crippen MR) is 189 cm³/mol. The van der Waals surface area contributed by atoms with Crippen molar-refractivity contribution in [2.45, 2.75) is 104 Å². The number of nitrogens with one attached hydrogen (secondary N) is 4. The highest BCUT2D eigenvalue weighted by molar-refractivity contribution is 6.38. The third-order valence-corrected chi connectivity index (χ3v) is 9.70. The van der Waals surface area contributed by atoms with Crippen molar-refractivity contribution in [1.82, 2.24) is 36.3 Å². The van der Waals surface area contributed by atoms with Gasteiger partial charge in [0.2, 0.25) is 17.6 Å². The Kier molecular flexibility index (Phi) is 14.4. The number of Topliss-reactive ketones (excluding diaryl/α,β-unsaturated/α-hetero) is 1. The number of carbonyl (C=O) groups excluding carboxylic acids is 5. The van der Waals surface area contributed by atoms with Gasteiger partial charge in [0.25, 0.3) is 11.8 Å². The van der Waals surface area contributed by atoms with E-state index >= 15 is 0 Å². The van der Waals surface area contributed by atoms with Crippen LogP contribution >= 0.6 is 0 Å². The first-order chi connectivity index (χ1) is 24.8. The quantitative estimate of drug-likeness (QED) is 0.111. The number of fused-ring (bicyclic) bond motifs is 1. The molecule has 0 bridgehead atoms. The number of rotatable bonds is 18. The number of aliphatic carboxylic acids is 1. The molecule has 1 unspecified atom stereocenters. The Labute approximate surface area is 304 Å². The van der Waals surface area contributed by atoms with Crippen LogP contribution in [0.3, 0.4) is 0 Å². The number of nitrogens with zero attached hydrogens (tertiary/aromatic N) is 3. The maximum Gasteiger partial charge on any atom is 0.326 e. The molecule has 1 aliphatic carbocycles. The Morgan fingerprint density at radius 2 is 1.63 bits per heavy atom. The molecule has 0 radical (unpaired) electrons. The Morgan fingerprint density at radius 3 is 2.25 bits per heavy atom. The first-order valence-electron chi connectivity index (χ1n) is 18.0. The molecule has 0 spiro atoms. The van der Waals surface area contributed by atoms with Gasteiger partial charge >= 0.3 is 5.97 Å². The molecule has 4 amide bonds. The van der Waals surface area contributed by atoms with E-state index in [4.69, 9.17) is 4.84 Å². The molecule has 1 aliphatic heterocycles. The highest BCUT2D eigenvalue weighted by Crippen LogP contribution is 2.42. The van der Waals surface area contributed by atoms with E-state index in [1.54, 1.807) is 49.1 Å². The zero-order valence-corrected chi connectivity index (χ0v) is 30.4. The molecule has 1 saturated heterocycles. The molecule has 15 heteroatoms. The lowest BCUT2D eigenvalue weighted by Crippen LogP contribution is -2.59. The third kappa shape index (κ3) is 10.2. The first-order valence-corrected chi connectivity index (χ1v) is 18.0. The first kappa shape index (κ1) is 40.0. The minimum atomic E-state index is -1.32. The van der Waals surface area contributed by atoms with Gasteiger partial charge in [-0.2, -0.15) is 5.48 Å². The minimum Gasteiger partial charge on any atom is -0.480 e. The summed E-state index contributed by atoms with van der Waals surface area (Å²) >= 11 is 0. The van der Waals surface area contributed by atoms with Crippen LogP contribution in [0.5, 0.6) is 0 Å². The van der Waals surface area contributed by atoms with Crippen molar-refractivity contribution < 1.29 is 38.7 Å². The standard InChI is InChI=1S/C37H51N7O8/c1-6-11-26(31(45)34(48)40-27(37(50)51)18-23-12-8-7-9-13-23)43-52-36-25-15-10-14-24(25)20-44(36)35(49)30(22(4)5)42-33(47)29(21(2)3)41-32(46)28-19-38-16-17-39-28/h7-9,12-13,16-17,19,21-22,24-27,29-30,36,43H,6,10-11,14-15,18,20H2,1-5H3,(H,40,48)(H,41,46)(H,42,47)(H,50,51)/t24-,25-,26?,27+,29+,30-,36+/m0/s1. The maximum absolute atomic E-state index is 14.3. The van der Waals surface area contributed by atoms with Gasteiger partial charge in [-0.3, -0.25) is 33.8 Å². The molecule has 4 rings (SSSR count). The summed E-state index contributed by atoms with van der Waals surface area (Å²) in [5.74, 6) is -5.20. The van der Waals surface area contributed by atoms with Crippen molar-refractivity contribution >= 4 is 35.4 Å². The number of hydroxylamine groups is 1. The molecule has 52 heavy (non-hydrogen) atoms. The van der Waals surface area contributed by atoms with Crippen molar-refractivity contribution in [1.29, 1.82) is 0 Å². The summed E-state index contributed by atoms with van der Waals surface area (Å²) < 4.78 is 0. The number of hydrogen-bond acceptors (Lipinski definition) is 10. The number of hydrogen-bond donors (Lipinski definition) is 5. The second-order valence-electron chi connectivity index (χ2n) is 14.2. The molecule has 2 heterocycles. The molecule has 282 valence electrons. The third-order valence-electron chi connectivity index (χ3n) is 9.70. The van der Waals surface area contributed by atoms with Gasteiger partial charge in [0.1, 0.15) is 29.9 Å². The zero-order chi connectivity index (χ0) is 37.9. The Balaban J connectivity index is 1.45. The van der Waals surface area contributed by atoms with Crippen LogP contribution in [0.1, 0.15) is 82.8 Å². The van der Waals surface area contributed by atoms with Crippen LogP contribution in [0.15, 0.2) is 48.9 Å². The Morgan fingerprint density at radius 1 is 0.923 bits per heavy atom. The summed E-state index contributed by atoms with van der Waals surface area (Å²) in [6.45, 7) is 9.41. The second kappa shape index (κ2) is 18.6. The summed E-state index contributed by atoms with van der Waals surface area (Å²) in [4.78, 5) is 94.8. The summed E-state index contributed by atoms with van der Waals surface area (Å²) in [5, 5.41) is 17.7. The lowest BCUT2D eigenvalue weighted by Gasteiger charge is -2.34. The number of ketones is 1. The van der Waals surface area contributed by atoms with Crippen LogP contribution in [0.25, 0.3) is 0 Å². The molecular weight excluding hydrogens is 670 g/mol. The van der Waals surface area contributed by atoms with E-state index < -0.39 is 59.9 Å². The fourth-order valence-corrected chi connectivity index (χ4v) is 6.84. The lowest BCUT2D eigenvalue weighted by molar-refractivity contribution is -0.165. The van der Waals surface area contributed by atoms with Crippen molar-refractivity contribution in [2.75, 3.05) is 6.54 Å². The van der Waals surface area contributed by atoms with Gasteiger partial charge in [0.05, 0.1) is 6.20 Å². The van der Waals surface area contributed by atoms with Crippen molar-refractivity contribution in [3.63, 3.8) is 0 Å². The Bertz CT molecular complexity index is 1560. The van der Waals surface area contributed by atoms with E-state index in [-0.39, 0.29) is 48.1 Å². The number of carboxylic acid groups (broad SMARTS) is 1. The van der Waals surface area contributed by atoms with Crippen molar-refractivity contribution in [3.8, 4) is 0 Å². The van der Waals surface area contributed by atoms with Gasteiger partial charge in [0.15, 0.2) is 6.23 Å². The number of likely N-dealkylation sites (tertiary alicyclic amines) is 1. The normalized spacial score (nSPS) is 20.4. The molecule has 2 fully saturated rings. The van der Waals surface area contributed by atoms with E-state index in [2.05, 4.69) is 31.4 Å². The second-order valence-corrected chi connectivity index (χ2v) is 14.2. The molecule has 1 aromatic heterocycles. The van der Waals surface area contributed by atoms with Crippen LogP contribution in [-0.4, -0.2) is 92.3 Å². The van der Waals surface area contributed by atoms with E-state index in [9.17, 15) is 33.9 Å². The van der Waals surface area contributed by atoms with Crippen LogP contribution in [0.4, 0.5) is 0 Å². The molecule has 5 N–H and O–H groups in total. The smallest absolute Gasteiger partial charge is 0.326 e. The van der Waals surface area contributed by atoms with Gasteiger partial charge in [0, 0.05) is 31.3 Å². The predicted octanol–water partition coefficient (Wildman–Crippen LogP) is 2.03. The average molecular weight is 722 g/mol. The van der Waals surface area contributed by atoms with E-state index in [1.807, 2.05) is 20.8 Å². The van der Waals surface area contributed by atoms with Gasteiger partial charge in [-0.15, -0.1) is 0 Å². The van der Waals surface area contributed by atoms with Crippen molar-refractivity contribution in [3.05, 3.63) is 60.2 Å². The Hall–Kier alpha value is -4.76.